The molecule has 0 aromatic heterocycles. The smallest absolute Gasteiger partial charge is 0.163 e. The van der Waals surface area contributed by atoms with Crippen molar-refractivity contribution in [2.75, 3.05) is 19.6 Å². The molecule has 126 valence electrons. The van der Waals surface area contributed by atoms with Gasteiger partial charge in [-0.2, -0.15) is 0 Å². The average molecular weight is 336 g/mol. The number of nitrogens with zero attached hydrogens (tertiary/aromatic N) is 1. The van der Waals surface area contributed by atoms with Gasteiger partial charge in [0.05, 0.1) is 0 Å². The molecule has 3 rings (SSSR count). The van der Waals surface area contributed by atoms with E-state index in [-0.39, 0.29) is 24.1 Å². The van der Waals surface area contributed by atoms with Crippen LogP contribution in [0, 0.1) is 5.92 Å². The standard InChI is InChI=1S/C19H25NO2.ClH/c21-18-9-7-15(8-10-18)13-16-5-4-6-17(19(16)22)14-20-11-2-1-3-12-20;/h7-10,13,17,21H,1-6,11-12,14H2;1H/b16-13-;. The van der Waals surface area contributed by atoms with E-state index >= 15 is 0 Å². The van der Waals surface area contributed by atoms with Crippen LogP contribution in [0.4, 0.5) is 0 Å². The molecule has 1 unspecified atom stereocenters. The Morgan fingerprint density at radius 1 is 1.09 bits per heavy atom. The molecule has 3 nitrogen and oxygen atoms in total. The monoisotopic (exact) mass is 335 g/mol. The minimum atomic E-state index is 0. The molecule has 1 aliphatic heterocycles. The van der Waals surface area contributed by atoms with Crippen LogP contribution in [0.3, 0.4) is 0 Å². The van der Waals surface area contributed by atoms with Gasteiger partial charge in [-0.15, -0.1) is 12.4 Å². The molecule has 1 atom stereocenters. The number of ketones is 1. The molecule has 1 aromatic rings. The summed E-state index contributed by atoms with van der Waals surface area (Å²) < 4.78 is 0. The van der Waals surface area contributed by atoms with Crippen LogP contribution >= 0.6 is 12.4 Å². The number of benzene rings is 1. The van der Waals surface area contributed by atoms with Crippen LogP contribution in [0.2, 0.25) is 0 Å². The topological polar surface area (TPSA) is 40.5 Å². The van der Waals surface area contributed by atoms with Crippen LogP contribution in [-0.4, -0.2) is 35.4 Å². The molecule has 1 saturated carbocycles. The van der Waals surface area contributed by atoms with Gasteiger partial charge in [0, 0.05) is 12.5 Å². The van der Waals surface area contributed by atoms with Crippen LogP contribution in [0.5, 0.6) is 5.75 Å². The lowest BCUT2D eigenvalue weighted by Crippen LogP contribution is -2.38. The summed E-state index contributed by atoms with van der Waals surface area (Å²) in [5.41, 5.74) is 1.96. The molecule has 23 heavy (non-hydrogen) atoms. The zero-order valence-corrected chi connectivity index (χ0v) is 14.4. The highest BCUT2D eigenvalue weighted by atomic mass is 35.5. The number of aromatic hydroxyl groups is 1. The molecule has 0 bridgehead atoms. The number of carbonyl (C=O) groups is 1. The number of Topliss-reactive ketones (excluding diaryl/α,β-unsaturated/α-hetero) is 1. The summed E-state index contributed by atoms with van der Waals surface area (Å²) in [4.78, 5) is 15.2. The molecule has 2 fully saturated rings. The van der Waals surface area contributed by atoms with Gasteiger partial charge in [-0.3, -0.25) is 4.79 Å². The second-order valence-corrected chi connectivity index (χ2v) is 6.58. The molecule has 1 aromatic carbocycles. The first kappa shape index (κ1) is 18.0. The van der Waals surface area contributed by atoms with Gasteiger partial charge in [-0.1, -0.05) is 18.6 Å². The van der Waals surface area contributed by atoms with Gasteiger partial charge in [0.1, 0.15) is 5.75 Å². The van der Waals surface area contributed by atoms with Gasteiger partial charge in [0.15, 0.2) is 5.78 Å². The largest absolute Gasteiger partial charge is 0.508 e. The predicted octanol–water partition coefficient (Wildman–Crippen LogP) is 4.05. The first-order chi connectivity index (χ1) is 10.7. The Morgan fingerprint density at radius 3 is 2.48 bits per heavy atom. The van der Waals surface area contributed by atoms with Crippen LogP contribution in [0.25, 0.3) is 6.08 Å². The van der Waals surface area contributed by atoms with E-state index in [2.05, 4.69) is 4.90 Å². The van der Waals surface area contributed by atoms with Gasteiger partial charge in [0.2, 0.25) is 0 Å². The van der Waals surface area contributed by atoms with Crippen LogP contribution in [0.15, 0.2) is 29.8 Å². The lowest BCUT2D eigenvalue weighted by molar-refractivity contribution is -0.121. The number of piperidine rings is 1. The molecule has 1 saturated heterocycles. The molecule has 1 heterocycles. The first-order valence-corrected chi connectivity index (χ1v) is 8.48. The van der Waals surface area contributed by atoms with Crippen molar-refractivity contribution in [3.63, 3.8) is 0 Å². The molecule has 4 heteroatoms. The van der Waals surface area contributed by atoms with Crippen LogP contribution in [0.1, 0.15) is 44.1 Å². The van der Waals surface area contributed by atoms with Gasteiger partial charge in [0.25, 0.3) is 0 Å². The van der Waals surface area contributed by atoms with Gasteiger partial charge in [-0.25, -0.2) is 0 Å². The van der Waals surface area contributed by atoms with E-state index in [1.165, 1.54) is 19.3 Å². The Balaban J connectivity index is 0.00000192. The van der Waals surface area contributed by atoms with E-state index in [1.807, 2.05) is 18.2 Å². The third-order valence-corrected chi connectivity index (χ3v) is 4.85. The summed E-state index contributed by atoms with van der Waals surface area (Å²) in [6, 6.07) is 7.07. The number of carbonyl (C=O) groups excluding carboxylic acids is 1. The predicted molar refractivity (Wildman–Crippen MR) is 96.0 cm³/mol. The maximum atomic E-state index is 12.7. The van der Waals surface area contributed by atoms with E-state index in [1.54, 1.807) is 12.1 Å². The van der Waals surface area contributed by atoms with Crippen molar-refractivity contribution in [3.8, 4) is 5.75 Å². The van der Waals surface area contributed by atoms with E-state index in [4.69, 9.17) is 0 Å². The fourth-order valence-corrected chi connectivity index (χ4v) is 3.60. The van der Waals surface area contributed by atoms with Crippen molar-refractivity contribution >= 4 is 24.3 Å². The summed E-state index contributed by atoms with van der Waals surface area (Å²) in [5, 5.41) is 9.35. The summed E-state index contributed by atoms with van der Waals surface area (Å²) in [7, 11) is 0. The van der Waals surface area contributed by atoms with Crippen molar-refractivity contribution in [1.29, 1.82) is 0 Å². The minimum Gasteiger partial charge on any atom is -0.508 e. The van der Waals surface area contributed by atoms with Crippen molar-refractivity contribution in [1.82, 2.24) is 4.90 Å². The summed E-state index contributed by atoms with van der Waals surface area (Å²) in [5.74, 6) is 0.778. The molecule has 1 aliphatic carbocycles. The first-order valence-electron chi connectivity index (χ1n) is 8.48. The summed E-state index contributed by atoms with van der Waals surface area (Å²) in [6.45, 7) is 3.24. The minimum absolute atomic E-state index is 0. The number of likely N-dealkylation sites (tertiary alicyclic amines) is 1. The van der Waals surface area contributed by atoms with E-state index in [0.717, 1.165) is 50.0 Å². The Kier molecular flexibility index (Phi) is 6.67. The van der Waals surface area contributed by atoms with Crippen LogP contribution in [-0.2, 0) is 4.79 Å². The SMILES string of the molecule is Cl.O=C1/C(=C\c2ccc(O)cc2)CCCC1CN1CCCCC1. The number of allylic oxidation sites excluding steroid dienone is 1. The van der Waals surface area contributed by atoms with E-state index in [0.29, 0.717) is 5.78 Å². The van der Waals surface area contributed by atoms with Crippen molar-refractivity contribution < 1.29 is 9.90 Å². The number of phenols is 1. The van der Waals surface area contributed by atoms with Gasteiger partial charge >= 0.3 is 0 Å². The number of hydrogen-bond acceptors (Lipinski definition) is 3. The average Bonchev–Trinajstić information content (AvgIpc) is 2.54. The lowest BCUT2D eigenvalue weighted by Gasteiger charge is -2.32. The zero-order valence-electron chi connectivity index (χ0n) is 13.5. The Hall–Kier alpha value is -1.32. The third-order valence-electron chi connectivity index (χ3n) is 4.85. The van der Waals surface area contributed by atoms with Gasteiger partial charge < -0.3 is 10.0 Å². The zero-order chi connectivity index (χ0) is 15.4. The molecule has 0 amide bonds. The number of rotatable bonds is 3. The number of halogens is 1. The fourth-order valence-electron chi connectivity index (χ4n) is 3.60. The fraction of sp³-hybridized carbons (Fsp3) is 0.526. The second-order valence-electron chi connectivity index (χ2n) is 6.58. The number of phenolic OH excluding ortho intramolecular Hbond substituents is 1. The van der Waals surface area contributed by atoms with Crippen molar-refractivity contribution in [2.45, 2.75) is 38.5 Å². The highest BCUT2D eigenvalue weighted by Gasteiger charge is 2.28. The molecule has 0 spiro atoms. The Labute approximate surface area is 144 Å². The van der Waals surface area contributed by atoms with E-state index in [9.17, 15) is 9.90 Å². The lowest BCUT2D eigenvalue weighted by atomic mass is 9.83. The maximum Gasteiger partial charge on any atom is 0.163 e. The normalized spacial score (nSPS) is 24.4. The van der Waals surface area contributed by atoms with Crippen molar-refractivity contribution in [3.05, 3.63) is 35.4 Å². The highest BCUT2D eigenvalue weighted by molar-refractivity contribution is 6.01. The van der Waals surface area contributed by atoms with Crippen LogP contribution < -0.4 is 0 Å². The quantitative estimate of drug-likeness (QED) is 0.847. The second kappa shape index (κ2) is 8.51. The Bertz CT molecular complexity index is 547. The maximum absolute atomic E-state index is 12.7. The molecular weight excluding hydrogens is 310 g/mol. The van der Waals surface area contributed by atoms with E-state index < -0.39 is 0 Å². The third kappa shape index (κ3) is 4.82. The summed E-state index contributed by atoms with van der Waals surface area (Å²) >= 11 is 0. The highest BCUT2D eigenvalue weighted by Crippen LogP contribution is 2.28. The molecule has 1 N–H and O–H groups in total. The summed E-state index contributed by atoms with van der Waals surface area (Å²) in [6.07, 6.45) is 8.91. The molecule has 2 aliphatic rings. The van der Waals surface area contributed by atoms with Crippen molar-refractivity contribution in [2.24, 2.45) is 5.92 Å². The number of hydrogen-bond donors (Lipinski definition) is 1. The molecule has 0 radical (unpaired) electrons. The Morgan fingerprint density at radius 2 is 1.78 bits per heavy atom. The molecular formula is C19H26ClNO2. The van der Waals surface area contributed by atoms with Gasteiger partial charge in [-0.05, 0) is 74.5 Å².